The van der Waals surface area contributed by atoms with E-state index in [4.69, 9.17) is 0 Å². The lowest BCUT2D eigenvalue weighted by atomic mass is 9.94. The van der Waals surface area contributed by atoms with Gasteiger partial charge in [-0.2, -0.15) is 18.3 Å². The van der Waals surface area contributed by atoms with E-state index in [-0.39, 0.29) is 17.4 Å². The number of carbonyl (C=O) groups is 1. The lowest BCUT2D eigenvalue weighted by molar-refractivity contribution is -0.137. The van der Waals surface area contributed by atoms with Crippen LogP contribution in [0.2, 0.25) is 0 Å². The number of alkyl halides is 3. The first kappa shape index (κ1) is 18.9. The molecule has 3 rings (SSSR count). The van der Waals surface area contributed by atoms with Gasteiger partial charge in [-0.3, -0.25) is 0 Å². The smallest absolute Gasteiger partial charge is 0.306 e. The number of nitrogens with zero attached hydrogens (tertiary/aromatic N) is 2. The van der Waals surface area contributed by atoms with Crippen molar-refractivity contribution in [2.45, 2.75) is 19.5 Å². The number of amides is 2. The van der Waals surface area contributed by atoms with Gasteiger partial charge in [0.2, 0.25) is 0 Å². The summed E-state index contributed by atoms with van der Waals surface area (Å²) in [6.07, 6.45) is -3.77. The van der Waals surface area contributed by atoms with Crippen LogP contribution in [0.5, 0.6) is 0 Å². The van der Waals surface area contributed by atoms with E-state index in [1.165, 1.54) is 29.3 Å². The monoisotopic (exact) mass is 379 g/mol. The summed E-state index contributed by atoms with van der Waals surface area (Å²) in [5, 5.41) is 8.12. The van der Waals surface area contributed by atoms with Crippen molar-refractivity contribution < 1.29 is 22.4 Å². The van der Waals surface area contributed by atoms with Gasteiger partial charge in [-0.05, 0) is 48.4 Å². The van der Waals surface area contributed by atoms with Crippen molar-refractivity contribution in [2.75, 3.05) is 11.9 Å². The van der Waals surface area contributed by atoms with Crippen LogP contribution in [0.15, 0.2) is 53.6 Å². The minimum absolute atomic E-state index is 0.0885. The molecule has 0 fully saturated rings. The molecule has 0 bridgehead atoms. The van der Waals surface area contributed by atoms with Gasteiger partial charge in [0.15, 0.2) is 0 Å². The summed E-state index contributed by atoms with van der Waals surface area (Å²) in [7, 11) is 0. The molecule has 2 aromatic rings. The number of hydrogen-bond acceptors (Lipinski definition) is 2. The standard InChI is InChI=1S/C19H17F4N3O/c1-12-10-11-26(25-17(12)13-2-6-15(20)7-3-13)18(27)24-16-8-4-14(5-9-16)19(21,22)23/h2-9,12H,10-11H2,1H3,(H,24,27). The second-order valence-corrected chi connectivity index (χ2v) is 6.31. The molecule has 0 aliphatic carbocycles. The summed E-state index contributed by atoms with van der Waals surface area (Å²) in [4.78, 5) is 12.4. The normalized spacial score (nSPS) is 17.4. The van der Waals surface area contributed by atoms with Gasteiger partial charge in [0.25, 0.3) is 0 Å². The van der Waals surface area contributed by atoms with E-state index in [0.717, 1.165) is 17.7 Å². The largest absolute Gasteiger partial charge is 0.416 e. The van der Waals surface area contributed by atoms with Crippen molar-refractivity contribution in [3.8, 4) is 0 Å². The zero-order valence-corrected chi connectivity index (χ0v) is 14.4. The quantitative estimate of drug-likeness (QED) is 0.723. The van der Waals surface area contributed by atoms with Crippen molar-refractivity contribution in [2.24, 2.45) is 11.0 Å². The summed E-state index contributed by atoms with van der Waals surface area (Å²) in [5.74, 6) is -0.273. The van der Waals surface area contributed by atoms with E-state index in [1.54, 1.807) is 12.1 Å². The number of carbonyl (C=O) groups excluding carboxylic acids is 1. The molecule has 1 unspecified atom stereocenters. The van der Waals surface area contributed by atoms with Gasteiger partial charge in [0.1, 0.15) is 5.82 Å². The highest BCUT2D eigenvalue weighted by molar-refractivity contribution is 6.03. The molecule has 142 valence electrons. The van der Waals surface area contributed by atoms with E-state index in [1.807, 2.05) is 6.92 Å². The second-order valence-electron chi connectivity index (χ2n) is 6.31. The Kier molecular flexibility index (Phi) is 5.16. The van der Waals surface area contributed by atoms with Crippen LogP contribution in [-0.4, -0.2) is 23.3 Å². The maximum atomic E-state index is 13.1. The molecule has 1 N–H and O–H groups in total. The van der Waals surface area contributed by atoms with E-state index >= 15 is 0 Å². The number of benzene rings is 2. The maximum Gasteiger partial charge on any atom is 0.416 e. The van der Waals surface area contributed by atoms with Crippen molar-refractivity contribution in [1.82, 2.24) is 5.01 Å². The van der Waals surface area contributed by atoms with Gasteiger partial charge >= 0.3 is 12.2 Å². The summed E-state index contributed by atoms with van der Waals surface area (Å²) in [6.45, 7) is 2.34. The minimum atomic E-state index is -4.43. The highest BCUT2D eigenvalue weighted by atomic mass is 19.4. The Bertz CT molecular complexity index is 845. The molecule has 1 aliphatic rings. The zero-order chi connectivity index (χ0) is 19.6. The van der Waals surface area contributed by atoms with Crippen molar-refractivity contribution in [3.63, 3.8) is 0 Å². The molecule has 0 saturated heterocycles. The molecule has 0 radical (unpaired) electrons. The predicted octanol–water partition coefficient (Wildman–Crippen LogP) is 5.12. The predicted molar refractivity (Wildman–Crippen MR) is 93.9 cm³/mol. The molecular formula is C19H17F4N3O. The van der Waals surface area contributed by atoms with Gasteiger partial charge in [-0.25, -0.2) is 14.2 Å². The van der Waals surface area contributed by atoms with Crippen LogP contribution in [0, 0.1) is 11.7 Å². The molecular weight excluding hydrogens is 362 g/mol. The Morgan fingerprint density at radius 1 is 1.11 bits per heavy atom. The maximum absolute atomic E-state index is 13.1. The number of hydrazone groups is 1. The van der Waals surface area contributed by atoms with Crippen molar-refractivity contribution in [1.29, 1.82) is 0 Å². The molecule has 0 aromatic heterocycles. The molecule has 0 spiro atoms. The number of hydrogen-bond donors (Lipinski definition) is 1. The fraction of sp³-hybridized carbons (Fsp3) is 0.263. The Hall–Kier alpha value is -2.90. The van der Waals surface area contributed by atoms with Crippen molar-refractivity contribution >= 4 is 17.4 Å². The fourth-order valence-corrected chi connectivity index (χ4v) is 2.77. The highest BCUT2D eigenvalue weighted by Gasteiger charge is 2.30. The lowest BCUT2D eigenvalue weighted by Crippen LogP contribution is -2.38. The van der Waals surface area contributed by atoms with Crippen molar-refractivity contribution in [3.05, 3.63) is 65.5 Å². The van der Waals surface area contributed by atoms with Crippen LogP contribution in [0.3, 0.4) is 0 Å². The zero-order valence-electron chi connectivity index (χ0n) is 14.4. The molecule has 4 nitrogen and oxygen atoms in total. The molecule has 1 heterocycles. The Morgan fingerprint density at radius 3 is 2.33 bits per heavy atom. The van der Waals surface area contributed by atoms with Gasteiger partial charge in [0, 0.05) is 18.2 Å². The Balaban J connectivity index is 1.75. The summed E-state index contributed by atoms with van der Waals surface area (Å²) in [5.41, 5.74) is 0.828. The number of nitrogens with one attached hydrogen (secondary N) is 1. The van der Waals surface area contributed by atoms with Gasteiger partial charge < -0.3 is 5.32 Å². The first-order valence-corrected chi connectivity index (χ1v) is 8.34. The van der Waals surface area contributed by atoms with Gasteiger partial charge in [-0.15, -0.1) is 0 Å². The van der Waals surface area contributed by atoms with Crippen LogP contribution in [0.4, 0.5) is 28.0 Å². The molecule has 8 heteroatoms. The van der Waals surface area contributed by atoms with Crippen LogP contribution in [-0.2, 0) is 6.18 Å². The number of halogens is 4. The van der Waals surface area contributed by atoms with E-state index in [9.17, 15) is 22.4 Å². The van der Waals surface area contributed by atoms with E-state index < -0.39 is 17.8 Å². The number of urea groups is 1. The summed E-state index contributed by atoms with van der Waals surface area (Å²) in [6, 6.07) is 9.50. The van der Waals surface area contributed by atoms with E-state index in [2.05, 4.69) is 10.4 Å². The van der Waals surface area contributed by atoms with E-state index in [0.29, 0.717) is 18.7 Å². The highest BCUT2D eigenvalue weighted by Crippen LogP contribution is 2.30. The SMILES string of the molecule is CC1CCN(C(=O)Nc2ccc(C(F)(F)F)cc2)N=C1c1ccc(F)cc1. The van der Waals surface area contributed by atoms with Gasteiger partial charge in [0.05, 0.1) is 11.3 Å². The fourth-order valence-electron chi connectivity index (χ4n) is 2.77. The average molecular weight is 379 g/mol. The summed E-state index contributed by atoms with van der Waals surface area (Å²) < 4.78 is 50.9. The van der Waals surface area contributed by atoms with Crippen LogP contribution >= 0.6 is 0 Å². The third-order valence-electron chi connectivity index (χ3n) is 4.31. The average Bonchev–Trinajstić information content (AvgIpc) is 2.62. The first-order chi connectivity index (χ1) is 12.7. The van der Waals surface area contributed by atoms with Crippen LogP contribution < -0.4 is 5.32 Å². The molecule has 1 aliphatic heterocycles. The molecule has 0 saturated carbocycles. The van der Waals surface area contributed by atoms with Gasteiger partial charge in [-0.1, -0.05) is 19.1 Å². The third kappa shape index (κ3) is 4.45. The second kappa shape index (κ2) is 7.38. The summed E-state index contributed by atoms with van der Waals surface area (Å²) >= 11 is 0. The lowest BCUT2D eigenvalue weighted by Gasteiger charge is -2.28. The molecule has 1 atom stereocenters. The number of rotatable bonds is 2. The molecule has 2 aromatic carbocycles. The number of anilines is 1. The van der Waals surface area contributed by atoms with Crippen LogP contribution in [0.25, 0.3) is 0 Å². The third-order valence-corrected chi connectivity index (χ3v) is 4.31. The van der Waals surface area contributed by atoms with Crippen LogP contribution in [0.1, 0.15) is 24.5 Å². The topological polar surface area (TPSA) is 44.7 Å². The Morgan fingerprint density at radius 2 is 1.74 bits per heavy atom. The Labute approximate surface area is 153 Å². The molecule has 2 amide bonds. The minimum Gasteiger partial charge on any atom is -0.306 e. The molecule has 27 heavy (non-hydrogen) atoms. The first-order valence-electron chi connectivity index (χ1n) is 8.34.